The molecule has 0 atom stereocenters. The van der Waals surface area contributed by atoms with Crippen LogP contribution in [0.5, 0.6) is 0 Å². The van der Waals surface area contributed by atoms with Crippen LogP contribution in [0.25, 0.3) is 10.8 Å². The van der Waals surface area contributed by atoms with Crippen LogP contribution in [-0.4, -0.2) is 17.7 Å². The zero-order chi connectivity index (χ0) is 12.4. The highest BCUT2D eigenvalue weighted by Crippen LogP contribution is 2.18. The lowest BCUT2D eigenvalue weighted by Crippen LogP contribution is -2.21. The molecule has 0 aromatic heterocycles. The van der Waals surface area contributed by atoms with Gasteiger partial charge in [-0.05, 0) is 38.3 Å². The molecule has 0 N–H and O–H groups in total. The average Bonchev–Trinajstić information content (AvgIpc) is 2.39. The van der Waals surface area contributed by atoms with Crippen molar-refractivity contribution in [1.29, 1.82) is 0 Å². The second kappa shape index (κ2) is 4.94. The van der Waals surface area contributed by atoms with Crippen molar-refractivity contribution in [3.63, 3.8) is 0 Å². The van der Waals surface area contributed by atoms with Gasteiger partial charge in [0.25, 0.3) is 0 Å². The first kappa shape index (κ1) is 11.5. The second-order valence-corrected chi connectivity index (χ2v) is 5.19. The molecule has 3 rings (SSSR count). The maximum atomic E-state index is 4.18. The van der Waals surface area contributed by atoms with E-state index in [2.05, 4.69) is 68.3 Å². The lowest BCUT2D eigenvalue weighted by atomic mass is 10.1. The molecule has 1 aliphatic heterocycles. The SMILES string of the molecule is BrC1=CN(Cc2ccc3ccccc3c2)CC=N1. The van der Waals surface area contributed by atoms with Crippen LogP contribution < -0.4 is 0 Å². The van der Waals surface area contributed by atoms with E-state index in [9.17, 15) is 0 Å². The molecule has 0 spiro atoms. The Hall–Kier alpha value is -1.61. The molecule has 18 heavy (non-hydrogen) atoms. The maximum Gasteiger partial charge on any atom is 0.121 e. The third-order valence-electron chi connectivity index (χ3n) is 3.02. The number of fused-ring (bicyclic) bond motifs is 1. The van der Waals surface area contributed by atoms with E-state index in [0.29, 0.717) is 0 Å². The lowest BCUT2D eigenvalue weighted by molar-refractivity contribution is 0.418. The predicted octanol–water partition coefficient (Wildman–Crippen LogP) is 3.92. The fourth-order valence-electron chi connectivity index (χ4n) is 2.15. The van der Waals surface area contributed by atoms with Crippen LogP contribution in [0.2, 0.25) is 0 Å². The third-order valence-corrected chi connectivity index (χ3v) is 3.43. The maximum absolute atomic E-state index is 4.18. The number of benzene rings is 2. The number of halogens is 1. The summed E-state index contributed by atoms with van der Waals surface area (Å²) < 4.78 is 0.884. The van der Waals surface area contributed by atoms with Crippen LogP contribution in [0.3, 0.4) is 0 Å². The molecule has 1 aliphatic rings. The van der Waals surface area contributed by atoms with Crippen molar-refractivity contribution >= 4 is 32.9 Å². The van der Waals surface area contributed by atoms with Gasteiger partial charge in [-0.1, -0.05) is 36.4 Å². The Morgan fingerprint density at radius 2 is 1.94 bits per heavy atom. The van der Waals surface area contributed by atoms with Gasteiger partial charge in [0.2, 0.25) is 0 Å². The fourth-order valence-corrected chi connectivity index (χ4v) is 2.59. The first-order valence-corrected chi connectivity index (χ1v) is 6.72. The highest BCUT2D eigenvalue weighted by Gasteiger charge is 2.05. The quantitative estimate of drug-likeness (QED) is 0.768. The monoisotopic (exact) mass is 300 g/mol. The van der Waals surface area contributed by atoms with Crippen LogP contribution in [0.4, 0.5) is 0 Å². The molecule has 0 saturated carbocycles. The first-order valence-electron chi connectivity index (χ1n) is 5.93. The van der Waals surface area contributed by atoms with E-state index < -0.39 is 0 Å². The van der Waals surface area contributed by atoms with Crippen LogP contribution in [0.15, 0.2) is 58.3 Å². The number of aliphatic imine (C=N–C) groups is 1. The fraction of sp³-hybridized carbons (Fsp3) is 0.133. The van der Waals surface area contributed by atoms with Gasteiger partial charge < -0.3 is 4.90 Å². The average molecular weight is 301 g/mol. The van der Waals surface area contributed by atoms with Crippen molar-refractivity contribution in [3.05, 3.63) is 58.8 Å². The van der Waals surface area contributed by atoms with E-state index in [0.717, 1.165) is 17.7 Å². The first-order chi connectivity index (χ1) is 8.81. The Bertz CT molecular complexity index is 631. The van der Waals surface area contributed by atoms with E-state index in [4.69, 9.17) is 0 Å². The van der Waals surface area contributed by atoms with Gasteiger partial charge >= 0.3 is 0 Å². The van der Waals surface area contributed by atoms with Gasteiger partial charge in [0.1, 0.15) is 4.61 Å². The molecule has 1 heterocycles. The van der Waals surface area contributed by atoms with Gasteiger partial charge in [-0.25, -0.2) is 0 Å². The van der Waals surface area contributed by atoms with Crippen LogP contribution in [-0.2, 0) is 6.54 Å². The third kappa shape index (κ3) is 2.46. The van der Waals surface area contributed by atoms with E-state index in [1.165, 1.54) is 16.3 Å². The molecule has 0 saturated heterocycles. The molecular weight excluding hydrogens is 288 g/mol. The van der Waals surface area contributed by atoms with Gasteiger partial charge in [-0.3, -0.25) is 4.99 Å². The predicted molar refractivity (Wildman–Crippen MR) is 79.9 cm³/mol. The molecule has 2 aromatic rings. The minimum Gasteiger partial charge on any atom is -0.366 e. The molecule has 0 aliphatic carbocycles. The minimum atomic E-state index is 0.863. The molecule has 0 unspecified atom stereocenters. The van der Waals surface area contributed by atoms with Gasteiger partial charge in [-0.2, -0.15) is 0 Å². The minimum absolute atomic E-state index is 0.863. The van der Waals surface area contributed by atoms with Gasteiger partial charge in [0, 0.05) is 19.0 Å². The molecule has 0 radical (unpaired) electrons. The molecule has 2 aromatic carbocycles. The van der Waals surface area contributed by atoms with E-state index >= 15 is 0 Å². The summed E-state index contributed by atoms with van der Waals surface area (Å²) in [7, 11) is 0. The van der Waals surface area contributed by atoms with E-state index in [1.807, 2.05) is 12.4 Å². The Morgan fingerprint density at radius 1 is 1.11 bits per heavy atom. The lowest BCUT2D eigenvalue weighted by Gasteiger charge is -2.21. The highest BCUT2D eigenvalue weighted by molar-refractivity contribution is 9.11. The van der Waals surface area contributed by atoms with Crippen LogP contribution in [0, 0.1) is 0 Å². The standard InChI is InChI=1S/C15H13BrN2/c16-15-11-18(8-7-17-15)10-12-5-6-13-3-1-2-4-14(13)9-12/h1-7,9,11H,8,10H2. The summed E-state index contributed by atoms with van der Waals surface area (Å²) in [5, 5.41) is 2.59. The van der Waals surface area contributed by atoms with E-state index in [-0.39, 0.29) is 0 Å². The topological polar surface area (TPSA) is 15.6 Å². The second-order valence-electron chi connectivity index (χ2n) is 4.37. The summed E-state index contributed by atoms with van der Waals surface area (Å²) in [6.07, 6.45) is 3.96. The van der Waals surface area contributed by atoms with Gasteiger partial charge in [-0.15, -0.1) is 0 Å². The normalized spacial score (nSPS) is 14.9. The molecular formula is C15H13BrN2. The summed E-state index contributed by atoms with van der Waals surface area (Å²) >= 11 is 3.40. The smallest absolute Gasteiger partial charge is 0.121 e. The van der Waals surface area contributed by atoms with Crippen molar-refractivity contribution in [2.75, 3.05) is 6.54 Å². The zero-order valence-corrected chi connectivity index (χ0v) is 11.5. The number of nitrogens with zero attached hydrogens (tertiary/aromatic N) is 2. The number of hydrogen-bond acceptors (Lipinski definition) is 2. The summed E-state index contributed by atoms with van der Waals surface area (Å²) in [6, 6.07) is 15.1. The molecule has 0 amide bonds. The summed E-state index contributed by atoms with van der Waals surface area (Å²) in [6.45, 7) is 1.77. The largest absolute Gasteiger partial charge is 0.366 e. The van der Waals surface area contributed by atoms with Crippen molar-refractivity contribution in [2.45, 2.75) is 6.54 Å². The molecule has 90 valence electrons. The Labute approximate surface area is 115 Å². The van der Waals surface area contributed by atoms with Gasteiger partial charge in [0.05, 0.1) is 6.54 Å². The molecule has 0 fully saturated rings. The Morgan fingerprint density at radius 3 is 2.78 bits per heavy atom. The number of hydrogen-bond donors (Lipinski definition) is 0. The van der Waals surface area contributed by atoms with Crippen molar-refractivity contribution in [1.82, 2.24) is 4.90 Å². The number of rotatable bonds is 2. The van der Waals surface area contributed by atoms with E-state index in [1.54, 1.807) is 0 Å². The van der Waals surface area contributed by atoms with Gasteiger partial charge in [0.15, 0.2) is 0 Å². The Kier molecular flexibility index (Phi) is 3.15. The summed E-state index contributed by atoms with van der Waals surface area (Å²) in [5.41, 5.74) is 1.32. The molecule has 3 heteroatoms. The highest BCUT2D eigenvalue weighted by atomic mass is 79.9. The summed E-state index contributed by atoms with van der Waals surface area (Å²) in [4.78, 5) is 6.42. The van der Waals surface area contributed by atoms with Crippen LogP contribution >= 0.6 is 15.9 Å². The van der Waals surface area contributed by atoms with Crippen LogP contribution in [0.1, 0.15) is 5.56 Å². The molecule has 0 bridgehead atoms. The van der Waals surface area contributed by atoms with Crippen molar-refractivity contribution in [2.24, 2.45) is 4.99 Å². The summed E-state index contributed by atoms with van der Waals surface area (Å²) in [5.74, 6) is 0. The zero-order valence-electron chi connectivity index (χ0n) is 9.88. The van der Waals surface area contributed by atoms with Crippen molar-refractivity contribution < 1.29 is 0 Å². The molecule has 2 nitrogen and oxygen atoms in total. The Balaban J connectivity index is 1.85. The van der Waals surface area contributed by atoms with Crippen molar-refractivity contribution in [3.8, 4) is 0 Å².